The molecule has 152 valence electrons. The van der Waals surface area contributed by atoms with Crippen LogP contribution in [0.2, 0.25) is 0 Å². The van der Waals surface area contributed by atoms with E-state index in [9.17, 15) is 4.79 Å². The van der Waals surface area contributed by atoms with E-state index < -0.39 is 0 Å². The van der Waals surface area contributed by atoms with Gasteiger partial charge in [-0.25, -0.2) is 0 Å². The van der Waals surface area contributed by atoms with Crippen molar-refractivity contribution in [2.24, 2.45) is 0 Å². The zero-order chi connectivity index (χ0) is 20.9. The number of hydrogen-bond acceptors (Lipinski definition) is 6. The number of ether oxygens (including phenoxy) is 2. The largest absolute Gasteiger partial charge is 0.490 e. The minimum absolute atomic E-state index is 0.226. The molecule has 2 heterocycles. The number of fused-ring (bicyclic) bond motifs is 1. The molecule has 1 amide bonds. The maximum Gasteiger partial charge on any atom is 0.255 e. The van der Waals surface area contributed by atoms with Crippen LogP contribution in [-0.4, -0.2) is 38.9 Å². The molecule has 0 atom stereocenters. The van der Waals surface area contributed by atoms with Gasteiger partial charge in [0.25, 0.3) is 5.91 Å². The fourth-order valence-corrected chi connectivity index (χ4v) is 3.00. The molecule has 0 unspecified atom stereocenters. The third kappa shape index (κ3) is 4.07. The lowest BCUT2D eigenvalue weighted by molar-refractivity contribution is 0.102. The fourth-order valence-electron chi connectivity index (χ4n) is 3.00. The predicted octanol–water partition coefficient (Wildman–Crippen LogP) is 3.84. The molecule has 0 aliphatic heterocycles. The second-order valence-corrected chi connectivity index (χ2v) is 6.41. The number of carbonyl (C=O) groups excluding carboxylic acids is 1. The Morgan fingerprint density at radius 1 is 0.967 bits per heavy atom. The molecule has 0 radical (unpaired) electrons. The van der Waals surface area contributed by atoms with Crippen molar-refractivity contribution >= 4 is 17.2 Å². The van der Waals surface area contributed by atoms with E-state index in [2.05, 4.69) is 20.6 Å². The molecule has 0 bridgehead atoms. The molecular formula is C22H21N5O3. The van der Waals surface area contributed by atoms with Crippen molar-refractivity contribution in [3.63, 3.8) is 0 Å². The quantitative estimate of drug-likeness (QED) is 0.504. The van der Waals surface area contributed by atoms with Gasteiger partial charge in [0.05, 0.1) is 18.9 Å². The van der Waals surface area contributed by atoms with Gasteiger partial charge < -0.3 is 14.8 Å². The molecule has 2 aromatic carbocycles. The van der Waals surface area contributed by atoms with Crippen LogP contribution in [0.25, 0.3) is 16.9 Å². The highest BCUT2D eigenvalue weighted by atomic mass is 16.5. The molecule has 8 heteroatoms. The van der Waals surface area contributed by atoms with Gasteiger partial charge in [0.1, 0.15) is 6.33 Å². The van der Waals surface area contributed by atoms with Crippen molar-refractivity contribution < 1.29 is 14.3 Å². The zero-order valence-electron chi connectivity index (χ0n) is 16.7. The molecule has 4 aromatic rings. The standard InChI is InChI=1S/C22H21N5O3/c1-3-29-19-11-7-16(13-20(19)30-4-2)22(28)24-17-8-5-15(6-9-17)18-10-12-21-25-23-14-27(21)26-18/h5-14H,3-4H2,1-2H3,(H,24,28). The van der Waals surface area contributed by atoms with Gasteiger partial charge in [-0.15, -0.1) is 10.2 Å². The third-order valence-electron chi connectivity index (χ3n) is 4.41. The number of rotatable bonds is 7. The molecule has 0 saturated heterocycles. The molecule has 0 fully saturated rings. The highest BCUT2D eigenvalue weighted by molar-refractivity contribution is 6.04. The first-order valence-electron chi connectivity index (χ1n) is 9.66. The summed E-state index contributed by atoms with van der Waals surface area (Å²) in [6.07, 6.45) is 1.56. The molecule has 2 aromatic heterocycles. The number of benzene rings is 2. The first-order chi connectivity index (χ1) is 14.7. The Bertz CT molecular complexity index is 1170. The average Bonchev–Trinajstić information content (AvgIpc) is 3.24. The van der Waals surface area contributed by atoms with Gasteiger partial charge in [-0.1, -0.05) is 12.1 Å². The fraction of sp³-hybridized carbons (Fsp3) is 0.182. The van der Waals surface area contributed by atoms with Crippen molar-refractivity contribution in [2.75, 3.05) is 18.5 Å². The van der Waals surface area contributed by atoms with Crippen LogP contribution < -0.4 is 14.8 Å². The lowest BCUT2D eigenvalue weighted by Gasteiger charge is -2.12. The van der Waals surface area contributed by atoms with Gasteiger partial charge >= 0.3 is 0 Å². The second kappa shape index (κ2) is 8.60. The van der Waals surface area contributed by atoms with Crippen molar-refractivity contribution in [3.05, 3.63) is 66.5 Å². The number of carbonyl (C=O) groups is 1. The maximum absolute atomic E-state index is 12.7. The van der Waals surface area contributed by atoms with Crippen LogP contribution >= 0.6 is 0 Å². The molecule has 8 nitrogen and oxygen atoms in total. The molecule has 0 aliphatic carbocycles. The zero-order valence-corrected chi connectivity index (χ0v) is 16.7. The molecule has 1 N–H and O–H groups in total. The topological polar surface area (TPSA) is 90.6 Å². The Hall–Kier alpha value is -3.94. The summed E-state index contributed by atoms with van der Waals surface area (Å²) in [6, 6.07) is 16.4. The monoisotopic (exact) mass is 403 g/mol. The maximum atomic E-state index is 12.7. The summed E-state index contributed by atoms with van der Waals surface area (Å²) in [4.78, 5) is 12.7. The van der Waals surface area contributed by atoms with E-state index in [1.807, 2.05) is 50.2 Å². The molecule has 30 heavy (non-hydrogen) atoms. The van der Waals surface area contributed by atoms with Crippen LogP contribution in [0.5, 0.6) is 11.5 Å². The van der Waals surface area contributed by atoms with Gasteiger partial charge in [0, 0.05) is 16.8 Å². The molecule has 0 saturated carbocycles. The van der Waals surface area contributed by atoms with Gasteiger partial charge in [0.15, 0.2) is 17.1 Å². The summed E-state index contributed by atoms with van der Waals surface area (Å²) in [6.45, 7) is 4.80. The Labute approximate surface area is 173 Å². The van der Waals surface area contributed by atoms with Gasteiger partial charge in [-0.3, -0.25) is 4.79 Å². The highest BCUT2D eigenvalue weighted by Gasteiger charge is 2.12. The number of amides is 1. The normalized spacial score (nSPS) is 10.7. The Morgan fingerprint density at radius 2 is 1.73 bits per heavy atom. The van der Waals surface area contributed by atoms with Gasteiger partial charge in [-0.2, -0.15) is 9.61 Å². The molecular weight excluding hydrogens is 382 g/mol. The smallest absolute Gasteiger partial charge is 0.255 e. The van der Waals surface area contributed by atoms with E-state index in [0.717, 1.165) is 11.3 Å². The summed E-state index contributed by atoms with van der Waals surface area (Å²) in [5.74, 6) is 0.950. The van der Waals surface area contributed by atoms with E-state index >= 15 is 0 Å². The molecule has 0 spiro atoms. The van der Waals surface area contributed by atoms with E-state index in [1.54, 1.807) is 29.0 Å². The minimum Gasteiger partial charge on any atom is -0.490 e. The van der Waals surface area contributed by atoms with Gasteiger partial charge in [0.2, 0.25) is 0 Å². The first kappa shape index (κ1) is 19.4. The van der Waals surface area contributed by atoms with Crippen molar-refractivity contribution in [1.29, 1.82) is 0 Å². The van der Waals surface area contributed by atoms with E-state index in [0.29, 0.717) is 41.6 Å². The van der Waals surface area contributed by atoms with Gasteiger partial charge in [-0.05, 0) is 56.3 Å². The number of nitrogens with zero attached hydrogens (tertiary/aromatic N) is 4. The molecule has 4 rings (SSSR count). The summed E-state index contributed by atoms with van der Waals surface area (Å²) in [7, 11) is 0. The summed E-state index contributed by atoms with van der Waals surface area (Å²) in [5, 5.41) is 15.2. The Kier molecular flexibility index (Phi) is 5.56. The summed E-state index contributed by atoms with van der Waals surface area (Å²) >= 11 is 0. The van der Waals surface area contributed by atoms with Crippen LogP contribution in [0.3, 0.4) is 0 Å². The first-order valence-corrected chi connectivity index (χ1v) is 9.66. The summed E-state index contributed by atoms with van der Waals surface area (Å²) < 4.78 is 12.8. The molecule has 0 aliphatic rings. The number of nitrogens with one attached hydrogen (secondary N) is 1. The minimum atomic E-state index is -0.226. The van der Waals surface area contributed by atoms with Crippen LogP contribution in [-0.2, 0) is 0 Å². The number of hydrogen-bond donors (Lipinski definition) is 1. The average molecular weight is 403 g/mol. The van der Waals surface area contributed by atoms with E-state index in [4.69, 9.17) is 9.47 Å². The lowest BCUT2D eigenvalue weighted by atomic mass is 10.1. The SMILES string of the molecule is CCOc1ccc(C(=O)Nc2ccc(-c3ccc4nncn4n3)cc2)cc1OCC. The lowest BCUT2D eigenvalue weighted by Crippen LogP contribution is -2.12. The van der Waals surface area contributed by atoms with E-state index in [1.165, 1.54) is 0 Å². The second-order valence-electron chi connectivity index (χ2n) is 6.41. The van der Waals surface area contributed by atoms with Crippen molar-refractivity contribution in [2.45, 2.75) is 13.8 Å². The van der Waals surface area contributed by atoms with E-state index in [-0.39, 0.29) is 5.91 Å². The van der Waals surface area contributed by atoms with Crippen LogP contribution in [0, 0.1) is 0 Å². The number of aromatic nitrogens is 4. The number of anilines is 1. The van der Waals surface area contributed by atoms with Crippen LogP contribution in [0.1, 0.15) is 24.2 Å². The van der Waals surface area contributed by atoms with Crippen molar-refractivity contribution in [1.82, 2.24) is 19.8 Å². The highest BCUT2D eigenvalue weighted by Crippen LogP contribution is 2.29. The Morgan fingerprint density at radius 3 is 2.50 bits per heavy atom. The third-order valence-corrected chi connectivity index (χ3v) is 4.41. The van der Waals surface area contributed by atoms with Crippen LogP contribution in [0.15, 0.2) is 60.9 Å². The summed E-state index contributed by atoms with van der Waals surface area (Å²) in [5.41, 5.74) is 3.56. The predicted molar refractivity (Wildman–Crippen MR) is 113 cm³/mol. The Balaban J connectivity index is 1.50. The van der Waals surface area contributed by atoms with Crippen LogP contribution in [0.4, 0.5) is 5.69 Å². The van der Waals surface area contributed by atoms with Crippen molar-refractivity contribution in [3.8, 4) is 22.8 Å².